The minimum absolute atomic E-state index is 0.611. The van der Waals surface area contributed by atoms with Crippen molar-refractivity contribution < 1.29 is 19.7 Å². The quantitative estimate of drug-likeness (QED) is 0.535. The zero-order valence-corrected chi connectivity index (χ0v) is 7.44. The van der Waals surface area contributed by atoms with E-state index in [1.165, 1.54) is 6.92 Å². The monoisotopic (exact) mass is 174 g/mol. The molecule has 1 rings (SSSR count). The molecule has 0 saturated carbocycles. The molecule has 0 aliphatic carbocycles. The maximum absolute atomic E-state index is 10.9. The van der Waals surface area contributed by atoms with E-state index in [4.69, 9.17) is 4.74 Å². The van der Waals surface area contributed by atoms with Crippen LogP contribution in [0.25, 0.3) is 0 Å². The molecule has 0 aromatic heterocycles. The number of hydrogen-bond acceptors (Lipinski definition) is 4. The summed E-state index contributed by atoms with van der Waals surface area (Å²) in [5.74, 6) is -0.647. The third-order valence-corrected chi connectivity index (χ3v) is 2.34. The highest BCUT2D eigenvalue weighted by molar-refractivity contribution is 5.78. The molecule has 1 heterocycles. The number of ether oxygens (including phenoxy) is 1. The Kier molecular flexibility index (Phi) is 2.14. The van der Waals surface area contributed by atoms with Gasteiger partial charge in [-0.05, 0) is 6.92 Å². The molecule has 0 bridgehead atoms. The molecule has 0 amide bonds. The molecule has 0 spiro atoms. The third kappa shape index (κ3) is 1.21. The Balaban J connectivity index is 2.87. The lowest BCUT2D eigenvalue weighted by Crippen LogP contribution is -2.40. The second-order valence-corrected chi connectivity index (χ2v) is 3.82. The Morgan fingerprint density at radius 2 is 2.08 bits per heavy atom. The van der Waals surface area contributed by atoms with E-state index >= 15 is 0 Å². The number of cyclic esters (lactones) is 1. The number of aliphatic hydroxyl groups is 2. The van der Waals surface area contributed by atoms with E-state index in [0.29, 0.717) is 0 Å². The van der Waals surface area contributed by atoms with E-state index in [1.807, 2.05) is 0 Å². The molecule has 4 nitrogen and oxygen atoms in total. The molecule has 1 unspecified atom stereocenters. The van der Waals surface area contributed by atoms with Crippen LogP contribution >= 0.6 is 0 Å². The minimum Gasteiger partial charge on any atom is -0.457 e. The third-order valence-electron chi connectivity index (χ3n) is 2.34. The number of carbonyl (C=O) groups excluding carboxylic acids is 1. The van der Waals surface area contributed by atoms with Crippen LogP contribution < -0.4 is 0 Å². The fraction of sp³-hybridized carbons (Fsp3) is 0.875. The zero-order valence-electron chi connectivity index (χ0n) is 7.44. The van der Waals surface area contributed by atoms with Crippen LogP contribution in [0.1, 0.15) is 20.8 Å². The van der Waals surface area contributed by atoms with Gasteiger partial charge >= 0.3 is 5.97 Å². The van der Waals surface area contributed by atoms with Gasteiger partial charge in [0.05, 0.1) is 6.10 Å². The molecule has 0 aromatic carbocycles. The van der Waals surface area contributed by atoms with Gasteiger partial charge in [0, 0.05) is 5.41 Å². The van der Waals surface area contributed by atoms with Crippen LogP contribution in [-0.2, 0) is 9.53 Å². The Hall–Kier alpha value is -0.610. The number of aliphatic hydroxyl groups excluding tert-OH is 2. The molecule has 1 aliphatic heterocycles. The van der Waals surface area contributed by atoms with E-state index in [0.717, 1.165) is 0 Å². The second-order valence-electron chi connectivity index (χ2n) is 3.82. The standard InChI is InChI=1S/C8H14O4/c1-4(9)6-8(2,3)5(10)7(11)12-6/h4-6,9-10H,1-3H3/t4?,5-,6-/m1/s1. The van der Waals surface area contributed by atoms with Crippen LogP contribution in [0.15, 0.2) is 0 Å². The van der Waals surface area contributed by atoms with E-state index in [-0.39, 0.29) is 0 Å². The molecule has 12 heavy (non-hydrogen) atoms. The number of esters is 1. The van der Waals surface area contributed by atoms with Crippen LogP contribution in [-0.4, -0.2) is 34.5 Å². The molecule has 4 heteroatoms. The number of hydrogen-bond donors (Lipinski definition) is 2. The van der Waals surface area contributed by atoms with Crippen molar-refractivity contribution in [2.45, 2.75) is 39.1 Å². The van der Waals surface area contributed by atoms with Crippen LogP contribution in [0.5, 0.6) is 0 Å². The van der Waals surface area contributed by atoms with Crippen molar-refractivity contribution in [3.05, 3.63) is 0 Å². The minimum atomic E-state index is -1.13. The van der Waals surface area contributed by atoms with Crippen molar-refractivity contribution in [3.8, 4) is 0 Å². The lowest BCUT2D eigenvalue weighted by molar-refractivity contribution is -0.150. The molecule has 1 saturated heterocycles. The fourth-order valence-corrected chi connectivity index (χ4v) is 1.52. The van der Waals surface area contributed by atoms with E-state index in [1.54, 1.807) is 13.8 Å². The van der Waals surface area contributed by atoms with Crippen molar-refractivity contribution in [2.75, 3.05) is 0 Å². The van der Waals surface area contributed by atoms with Gasteiger partial charge in [0.2, 0.25) is 0 Å². The van der Waals surface area contributed by atoms with E-state index < -0.39 is 29.7 Å². The fourth-order valence-electron chi connectivity index (χ4n) is 1.52. The maximum Gasteiger partial charge on any atom is 0.336 e. The Morgan fingerprint density at radius 3 is 2.25 bits per heavy atom. The first kappa shape index (κ1) is 9.48. The highest BCUT2D eigenvalue weighted by Gasteiger charge is 2.52. The molecular weight excluding hydrogens is 160 g/mol. The van der Waals surface area contributed by atoms with Crippen molar-refractivity contribution in [3.63, 3.8) is 0 Å². The summed E-state index contributed by atoms with van der Waals surface area (Å²) in [6, 6.07) is 0. The lowest BCUT2D eigenvalue weighted by Gasteiger charge is -2.27. The number of rotatable bonds is 1. The van der Waals surface area contributed by atoms with Gasteiger partial charge in [0.1, 0.15) is 6.10 Å². The van der Waals surface area contributed by atoms with Crippen molar-refractivity contribution >= 4 is 5.97 Å². The molecule has 1 fully saturated rings. The summed E-state index contributed by atoms with van der Waals surface area (Å²) in [5, 5.41) is 18.6. The summed E-state index contributed by atoms with van der Waals surface area (Å²) >= 11 is 0. The molecule has 0 radical (unpaired) electrons. The van der Waals surface area contributed by atoms with Crippen LogP contribution in [0.2, 0.25) is 0 Å². The average molecular weight is 174 g/mol. The first-order chi connectivity index (χ1) is 5.37. The van der Waals surface area contributed by atoms with Gasteiger partial charge in [0.25, 0.3) is 0 Å². The summed E-state index contributed by atoms with van der Waals surface area (Å²) in [6.07, 6.45) is -2.49. The SMILES string of the molecule is CC(O)[C@H]1OC(=O)[C@@H](O)C1(C)C. The summed E-state index contributed by atoms with van der Waals surface area (Å²) in [7, 11) is 0. The van der Waals surface area contributed by atoms with Crippen LogP contribution in [0.4, 0.5) is 0 Å². The zero-order chi connectivity index (χ0) is 9.52. The van der Waals surface area contributed by atoms with Gasteiger partial charge < -0.3 is 14.9 Å². The van der Waals surface area contributed by atoms with Crippen LogP contribution in [0, 0.1) is 5.41 Å². The molecule has 70 valence electrons. The summed E-state index contributed by atoms with van der Waals surface area (Å²) in [6.45, 7) is 4.93. The van der Waals surface area contributed by atoms with Gasteiger partial charge in [-0.2, -0.15) is 0 Å². The van der Waals surface area contributed by atoms with Crippen molar-refractivity contribution in [1.29, 1.82) is 0 Å². The van der Waals surface area contributed by atoms with Crippen molar-refractivity contribution in [2.24, 2.45) is 5.41 Å². The maximum atomic E-state index is 10.9. The molecular formula is C8H14O4. The Bertz CT molecular complexity index is 197. The van der Waals surface area contributed by atoms with Gasteiger partial charge in [-0.25, -0.2) is 4.79 Å². The van der Waals surface area contributed by atoms with E-state index in [9.17, 15) is 15.0 Å². The molecule has 0 aromatic rings. The van der Waals surface area contributed by atoms with Gasteiger partial charge in [-0.3, -0.25) is 0 Å². The highest BCUT2D eigenvalue weighted by Crippen LogP contribution is 2.36. The summed E-state index contributed by atoms with van der Waals surface area (Å²) in [4.78, 5) is 10.9. The van der Waals surface area contributed by atoms with Gasteiger partial charge in [-0.15, -0.1) is 0 Å². The van der Waals surface area contributed by atoms with Crippen LogP contribution in [0.3, 0.4) is 0 Å². The smallest absolute Gasteiger partial charge is 0.336 e. The Morgan fingerprint density at radius 1 is 1.58 bits per heavy atom. The topological polar surface area (TPSA) is 66.8 Å². The lowest BCUT2D eigenvalue weighted by atomic mass is 9.81. The molecule has 2 N–H and O–H groups in total. The largest absolute Gasteiger partial charge is 0.457 e. The van der Waals surface area contributed by atoms with Gasteiger partial charge in [0.15, 0.2) is 6.10 Å². The average Bonchev–Trinajstić information content (AvgIpc) is 2.13. The predicted octanol–water partition coefficient (Wildman–Crippen LogP) is -0.320. The first-order valence-corrected chi connectivity index (χ1v) is 3.94. The summed E-state index contributed by atoms with van der Waals surface area (Å²) < 4.78 is 4.81. The first-order valence-electron chi connectivity index (χ1n) is 3.94. The van der Waals surface area contributed by atoms with Gasteiger partial charge in [-0.1, -0.05) is 13.8 Å². The summed E-state index contributed by atoms with van der Waals surface area (Å²) in [5.41, 5.74) is -0.703. The number of carbonyl (C=O) groups is 1. The van der Waals surface area contributed by atoms with E-state index in [2.05, 4.69) is 0 Å². The predicted molar refractivity (Wildman–Crippen MR) is 41.3 cm³/mol. The second kappa shape index (κ2) is 2.71. The molecule has 3 atom stereocenters. The Labute approximate surface area is 71.2 Å². The van der Waals surface area contributed by atoms with Crippen molar-refractivity contribution in [1.82, 2.24) is 0 Å². The highest BCUT2D eigenvalue weighted by atomic mass is 16.6. The molecule has 1 aliphatic rings. The normalized spacial score (nSPS) is 36.2.